The van der Waals surface area contributed by atoms with Crippen molar-refractivity contribution >= 4 is 32.3 Å². The number of hydrogen-bond acceptors (Lipinski definition) is 0. The Kier molecular flexibility index (Phi) is 3.48. The van der Waals surface area contributed by atoms with Gasteiger partial charge in [0.15, 0.2) is 0 Å². The molecule has 0 atom stereocenters. The van der Waals surface area contributed by atoms with Gasteiger partial charge in [-0.1, -0.05) is 77.9 Å². The van der Waals surface area contributed by atoms with E-state index >= 15 is 0 Å². The van der Waals surface area contributed by atoms with Crippen LogP contribution in [0.4, 0.5) is 0 Å². The summed E-state index contributed by atoms with van der Waals surface area (Å²) in [4.78, 5) is 0. The Bertz CT molecular complexity index is 1050. The summed E-state index contributed by atoms with van der Waals surface area (Å²) in [6.07, 6.45) is 0. The lowest BCUT2D eigenvalue weighted by molar-refractivity contribution is 0.595. The van der Waals surface area contributed by atoms with Crippen molar-refractivity contribution in [2.45, 2.75) is 66.2 Å². The largest absolute Gasteiger partial charge is 0.0561 e. The van der Waals surface area contributed by atoms with Gasteiger partial charge in [0.25, 0.3) is 0 Å². The van der Waals surface area contributed by atoms with Crippen molar-refractivity contribution in [2.24, 2.45) is 0 Å². The van der Waals surface area contributed by atoms with Gasteiger partial charge in [0.1, 0.15) is 0 Å². The molecule has 0 heterocycles. The zero-order valence-corrected chi connectivity index (χ0v) is 17.5. The Morgan fingerprint density at radius 1 is 0.500 bits per heavy atom. The fourth-order valence-electron chi connectivity index (χ4n) is 4.59. The highest BCUT2D eigenvalue weighted by atomic mass is 14.3. The van der Waals surface area contributed by atoms with Crippen LogP contribution >= 0.6 is 0 Å². The van der Waals surface area contributed by atoms with E-state index in [1.165, 1.54) is 54.6 Å². The molecule has 134 valence electrons. The van der Waals surface area contributed by atoms with Crippen LogP contribution in [0.15, 0.2) is 36.4 Å². The molecule has 0 spiro atoms. The molecule has 0 heteroatoms. The van der Waals surface area contributed by atoms with E-state index < -0.39 is 0 Å². The van der Waals surface area contributed by atoms with Gasteiger partial charge < -0.3 is 0 Å². The first-order valence-corrected chi connectivity index (χ1v) is 9.73. The predicted molar refractivity (Wildman–Crippen MR) is 117 cm³/mol. The van der Waals surface area contributed by atoms with Gasteiger partial charge in [0.2, 0.25) is 0 Å². The zero-order valence-electron chi connectivity index (χ0n) is 17.5. The maximum absolute atomic E-state index is 2.40. The Hall–Kier alpha value is -2.08. The highest BCUT2D eigenvalue weighted by Crippen LogP contribution is 2.44. The third-order valence-electron chi connectivity index (χ3n) is 5.93. The fraction of sp³-hybridized carbons (Fsp3) is 0.385. The van der Waals surface area contributed by atoms with Gasteiger partial charge in [-0.15, -0.1) is 0 Å². The van der Waals surface area contributed by atoms with E-state index in [9.17, 15) is 0 Å². The molecule has 26 heavy (non-hydrogen) atoms. The van der Waals surface area contributed by atoms with Crippen molar-refractivity contribution in [2.75, 3.05) is 0 Å². The van der Waals surface area contributed by atoms with Crippen LogP contribution < -0.4 is 0 Å². The second-order valence-corrected chi connectivity index (χ2v) is 10.1. The Morgan fingerprint density at radius 3 is 1.12 bits per heavy atom. The summed E-state index contributed by atoms with van der Waals surface area (Å²) in [5, 5.41) is 8.55. The van der Waals surface area contributed by atoms with E-state index in [-0.39, 0.29) is 10.8 Å². The van der Waals surface area contributed by atoms with Gasteiger partial charge in [-0.05, 0) is 79.2 Å². The maximum Gasteiger partial charge on any atom is -0.00210 e. The molecule has 0 aliphatic heterocycles. The average molecular weight is 343 g/mol. The lowest BCUT2D eigenvalue weighted by atomic mass is 9.77. The monoisotopic (exact) mass is 342 g/mol. The van der Waals surface area contributed by atoms with Crippen LogP contribution in [-0.4, -0.2) is 0 Å². The van der Waals surface area contributed by atoms with Crippen LogP contribution in [0.1, 0.15) is 63.8 Å². The van der Waals surface area contributed by atoms with Crippen LogP contribution in [0.5, 0.6) is 0 Å². The van der Waals surface area contributed by atoms with E-state index in [1.807, 2.05) is 0 Å². The topological polar surface area (TPSA) is 0 Å². The van der Waals surface area contributed by atoms with Gasteiger partial charge >= 0.3 is 0 Å². The van der Waals surface area contributed by atoms with E-state index in [1.54, 1.807) is 0 Å². The minimum atomic E-state index is 0.134. The summed E-state index contributed by atoms with van der Waals surface area (Å²) in [7, 11) is 0. The molecule has 0 N–H and O–H groups in total. The van der Waals surface area contributed by atoms with Gasteiger partial charge in [0, 0.05) is 0 Å². The smallest absolute Gasteiger partial charge is 0.00210 e. The van der Waals surface area contributed by atoms with E-state index in [0.717, 1.165) is 0 Å². The number of rotatable bonds is 0. The van der Waals surface area contributed by atoms with Gasteiger partial charge in [-0.25, -0.2) is 0 Å². The predicted octanol–water partition coefficient (Wildman–Crippen LogP) is 7.80. The number of aryl methyl sites for hydroxylation is 2. The molecule has 0 aromatic heterocycles. The molecule has 0 nitrogen and oxygen atoms in total. The van der Waals surface area contributed by atoms with Crippen molar-refractivity contribution in [1.29, 1.82) is 0 Å². The first kappa shape index (κ1) is 17.3. The van der Waals surface area contributed by atoms with Gasteiger partial charge in [-0.2, -0.15) is 0 Å². The van der Waals surface area contributed by atoms with Crippen LogP contribution in [0.25, 0.3) is 32.3 Å². The molecule has 0 bridgehead atoms. The molecule has 0 saturated heterocycles. The van der Waals surface area contributed by atoms with E-state index in [4.69, 9.17) is 0 Å². The molecule has 0 saturated carbocycles. The van der Waals surface area contributed by atoms with Crippen LogP contribution in [0, 0.1) is 13.8 Å². The molecular formula is C26H30. The molecular weight excluding hydrogens is 312 g/mol. The Balaban J connectivity index is 2.34. The number of benzene rings is 4. The molecule has 4 aromatic rings. The van der Waals surface area contributed by atoms with Crippen LogP contribution in [-0.2, 0) is 10.8 Å². The molecule has 4 aromatic carbocycles. The average Bonchev–Trinajstić information content (AvgIpc) is 2.53. The Labute approximate surface area is 157 Å². The summed E-state index contributed by atoms with van der Waals surface area (Å²) < 4.78 is 0. The summed E-state index contributed by atoms with van der Waals surface area (Å²) in [5.74, 6) is 0. The molecule has 0 unspecified atom stereocenters. The van der Waals surface area contributed by atoms with Crippen molar-refractivity contribution in [3.63, 3.8) is 0 Å². The lowest BCUT2D eigenvalue weighted by Gasteiger charge is -2.27. The minimum Gasteiger partial charge on any atom is -0.0561 e. The van der Waals surface area contributed by atoms with E-state index in [0.29, 0.717) is 0 Å². The first-order chi connectivity index (χ1) is 12.0. The van der Waals surface area contributed by atoms with E-state index in [2.05, 4.69) is 91.8 Å². The second kappa shape index (κ2) is 5.22. The summed E-state index contributed by atoms with van der Waals surface area (Å²) >= 11 is 0. The molecule has 4 rings (SSSR count). The van der Waals surface area contributed by atoms with Gasteiger partial charge in [-0.3, -0.25) is 0 Å². The van der Waals surface area contributed by atoms with Crippen LogP contribution in [0.3, 0.4) is 0 Å². The quantitative estimate of drug-likeness (QED) is 0.286. The standard InChI is InChI=1S/C26H30/c1-15-13-21(25(3,4)5)19-12-10-18-16(2)14-22(26(6,7)8)20-11-9-17(15)23(19)24(18)20/h9-14H,1-8H3. The highest BCUT2D eigenvalue weighted by molar-refractivity contribution is 6.25. The number of hydrogen-bond donors (Lipinski definition) is 0. The Morgan fingerprint density at radius 2 is 0.808 bits per heavy atom. The molecule has 0 amide bonds. The van der Waals surface area contributed by atoms with Crippen molar-refractivity contribution in [3.8, 4) is 0 Å². The summed E-state index contributed by atoms with van der Waals surface area (Å²) in [6, 6.07) is 14.2. The third-order valence-corrected chi connectivity index (χ3v) is 5.93. The summed E-state index contributed by atoms with van der Waals surface area (Å²) in [6.45, 7) is 18.5. The first-order valence-electron chi connectivity index (χ1n) is 9.73. The fourth-order valence-corrected chi connectivity index (χ4v) is 4.59. The van der Waals surface area contributed by atoms with Crippen molar-refractivity contribution in [3.05, 3.63) is 58.7 Å². The molecule has 0 aliphatic rings. The molecule has 0 aliphatic carbocycles. The summed E-state index contributed by atoms with van der Waals surface area (Å²) in [5.41, 5.74) is 5.95. The second-order valence-electron chi connectivity index (χ2n) is 10.1. The van der Waals surface area contributed by atoms with Gasteiger partial charge in [0.05, 0.1) is 0 Å². The van der Waals surface area contributed by atoms with Crippen molar-refractivity contribution < 1.29 is 0 Å². The minimum absolute atomic E-state index is 0.134. The molecule has 0 fully saturated rings. The van der Waals surface area contributed by atoms with Crippen molar-refractivity contribution in [1.82, 2.24) is 0 Å². The SMILES string of the molecule is Cc1cc(C(C)(C)C)c2ccc3c(C)cc(C(C)(C)C)c4ccc1c2c34. The van der Waals surface area contributed by atoms with Crippen LogP contribution in [0.2, 0.25) is 0 Å². The highest BCUT2D eigenvalue weighted by Gasteiger charge is 2.24. The third kappa shape index (κ3) is 2.35. The zero-order chi connectivity index (χ0) is 19.0. The normalized spacial score (nSPS) is 13.4. The lowest BCUT2D eigenvalue weighted by Crippen LogP contribution is -2.14. The molecule has 0 radical (unpaired) electrons. The maximum atomic E-state index is 2.40.